The Morgan fingerprint density at radius 2 is 2.19 bits per heavy atom. The van der Waals surface area contributed by atoms with Gasteiger partial charge in [-0.15, -0.1) is 0 Å². The molecule has 0 spiro atoms. The van der Waals surface area contributed by atoms with Crippen molar-refractivity contribution in [2.75, 3.05) is 5.73 Å². The van der Waals surface area contributed by atoms with Crippen molar-refractivity contribution in [1.29, 1.82) is 0 Å². The molecule has 0 aliphatic rings. The van der Waals surface area contributed by atoms with Gasteiger partial charge in [0.05, 0.1) is 0 Å². The molecule has 0 saturated heterocycles. The van der Waals surface area contributed by atoms with Gasteiger partial charge in [0.25, 0.3) is 0 Å². The van der Waals surface area contributed by atoms with E-state index in [4.69, 9.17) is 21.9 Å². The van der Waals surface area contributed by atoms with Crippen molar-refractivity contribution in [2.45, 2.75) is 0 Å². The Bertz CT molecular complexity index is 656. The van der Waals surface area contributed by atoms with Crippen LogP contribution in [-0.4, -0.2) is 10.1 Å². The van der Waals surface area contributed by atoms with Gasteiger partial charge >= 0.3 is 0 Å². The number of hydrogen-bond acceptors (Lipinski definition) is 3. The minimum atomic E-state index is 0.373. The maximum atomic E-state index is 5.90. The van der Waals surface area contributed by atoms with Crippen molar-refractivity contribution < 1.29 is 4.52 Å². The molecule has 0 saturated carbocycles. The maximum Gasteiger partial charge on any atom is 0.171 e. The number of nitrogens with one attached hydrogen (secondary N) is 1. The zero-order chi connectivity index (χ0) is 11.1. The van der Waals surface area contributed by atoms with Crippen molar-refractivity contribution in [3.05, 3.63) is 35.5 Å². The molecule has 2 heterocycles. The molecule has 0 aliphatic heterocycles. The summed E-state index contributed by atoms with van der Waals surface area (Å²) in [5, 5.41) is 5.38. The average Bonchev–Trinajstić information content (AvgIpc) is 2.83. The monoisotopic (exact) mass is 233 g/mol. The first kappa shape index (κ1) is 9.30. The molecule has 0 atom stereocenters. The Kier molecular flexibility index (Phi) is 1.91. The van der Waals surface area contributed by atoms with Gasteiger partial charge in [-0.3, -0.25) is 0 Å². The predicted octanol–water partition coefficient (Wildman–Crippen LogP) is 3.06. The summed E-state index contributed by atoms with van der Waals surface area (Å²) in [6, 6.07) is 7.32. The summed E-state index contributed by atoms with van der Waals surface area (Å²) in [5.74, 6) is 1.02. The molecule has 0 unspecified atom stereocenters. The van der Waals surface area contributed by atoms with E-state index in [1.54, 1.807) is 6.07 Å². The van der Waals surface area contributed by atoms with E-state index < -0.39 is 0 Å². The van der Waals surface area contributed by atoms with Crippen LogP contribution < -0.4 is 5.73 Å². The number of anilines is 1. The number of benzene rings is 1. The van der Waals surface area contributed by atoms with E-state index >= 15 is 0 Å². The van der Waals surface area contributed by atoms with Gasteiger partial charge in [-0.1, -0.05) is 22.8 Å². The van der Waals surface area contributed by atoms with Gasteiger partial charge in [0.15, 0.2) is 11.6 Å². The number of aromatic amines is 1. The first-order valence-electron chi connectivity index (χ1n) is 4.73. The van der Waals surface area contributed by atoms with E-state index in [0.717, 1.165) is 16.5 Å². The molecule has 0 bridgehead atoms. The van der Waals surface area contributed by atoms with Crippen LogP contribution in [0.15, 0.2) is 35.0 Å². The molecule has 1 aromatic carbocycles. The zero-order valence-electron chi connectivity index (χ0n) is 8.20. The molecule has 4 nitrogen and oxygen atoms in total. The molecule has 0 aliphatic carbocycles. The third kappa shape index (κ3) is 1.35. The topological polar surface area (TPSA) is 67.8 Å². The van der Waals surface area contributed by atoms with E-state index in [1.165, 1.54) is 0 Å². The number of halogens is 1. The smallest absolute Gasteiger partial charge is 0.171 e. The van der Waals surface area contributed by atoms with Crippen LogP contribution in [0.3, 0.4) is 0 Å². The van der Waals surface area contributed by atoms with Gasteiger partial charge < -0.3 is 15.2 Å². The summed E-state index contributed by atoms with van der Waals surface area (Å²) >= 11 is 5.90. The molecule has 0 radical (unpaired) electrons. The largest absolute Gasteiger partial charge is 0.381 e. The van der Waals surface area contributed by atoms with Crippen LogP contribution in [0.1, 0.15) is 0 Å². The fraction of sp³-hybridized carbons (Fsp3) is 0. The third-order valence-corrected chi connectivity index (χ3v) is 2.67. The van der Waals surface area contributed by atoms with E-state index in [9.17, 15) is 0 Å². The number of rotatable bonds is 1. The standard InChI is InChI=1S/C11H8ClN3O/c12-6-1-2-7-8(5-14-9(7)3-6)10-4-11(13)15-16-10/h1-5,14H,(H2,13,15). The van der Waals surface area contributed by atoms with Crippen LogP contribution >= 0.6 is 11.6 Å². The highest BCUT2D eigenvalue weighted by Crippen LogP contribution is 2.30. The molecular formula is C11H8ClN3O. The van der Waals surface area contributed by atoms with Crippen molar-refractivity contribution >= 4 is 28.3 Å². The molecule has 16 heavy (non-hydrogen) atoms. The summed E-state index contributed by atoms with van der Waals surface area (Å²) in [7, 11) is 0. The lowest BCUT2D eigenvalue weighted by Gasteiger charge is -1.93. The van der Waals surface area contributed by atoms with Crippen LogP contribution in [-0.2, 0) is 0 Å². The van der Waals surface area contributed by atoms with E-state index in [2.05, 4.69) is 10.1 Å². The highest BCUT2D eigenvalue weighted by atomic mass is 35.5. The highest BCUT2D eigenvalue weighted by molar-refractivity contribution is 6.31. The molecule has 2 aromatic heterocycles. The van der Waals surface area contributed by atoms with E-state index in [-0.39, 0.29) is 0 Å². The Balaban J connectivity index is 2.25. The second kappa shape index (κ2) is 3.28. The SMILES string of the molecule is Nc1cc(-c2c[nH]c3cc(Cl)ccc23)on1. The molecule has 0 fully saturated rings. The second-order valence-corrected chi connectivity index (χ2v) is 3.94. The third-order valence-electron chi connectivity index (χ3n) is 2.44. The van der Waals surface area contributed by atoms with Gasteiger partial charge in [-0.25, -0.2) is 0 Å². The fourth-order valence-corrected chi connectivity index (χ4v) is 1.89. The van der Waals surface area contributed by atoms with Crippen molar-refractivity contribution in [3.63, 3.8) is 0 Å². The van der Waals surface area contributed by atoms with E-state index in [0.29, 0.717) is 16.6 Å². The quantitative estimate of drug-likeness (QED) is 0.679. The lowest BCUT2D eigenvalue weighted by Crippen LogP contribution is -1.79. The Labute approximate surface area is 96.0 Å². The van der Waals surface area contributed by atoms with Crippen LogP contribution in [0.5, 0.6) is 0 Å². The molecule has 0 amide bonds. The van der Waals surface area contributed by atoms with Crippen LogP contribution in [0.2, 0.25) is 5.02 Å². The normalized spacial score (nSPS) is 11.1. The zero-order valence-corrected chi connectivity index (χ0v) is 8.95. The number of nitrogens with zero attached hydrogens (tertiary/aromatic N) is 1. The van der Waals surface area contributed by atoms with Gasteiger partial charge in [0.1, 0.15) is 0 Å². The second-order valence-electron chi connectivity index (χ2n) is 3.51. The number of fused-ring (bicyclic) bond motifs is 1. The van der Waals surface area contributed by atoms with Crippen molar-refractivity contribution in [1.82, 2.24) is 10.1 Å². The highest BCUT2D eigenvalue weighted by Gasteiger charge is 2.10. The molecule has 3 rings (SSSR count). The lowest BCUT2D eigenvalue weighted by atomic mass is 10.1. The van der Waals surface area contributed by atoms with Gasteiger partial charge in [-0.05, 0) is 12.1 Å². The molecular weight excluding hydrogens is 226 g/mol. The van der Waals surface area contributed by atoms with Crippen LogP contribution in [0.25, 0.3) is 22.2 Å². The Morgan fingerprint density at radius 3 is 2.94 bits per heavy atom. The molecule has 5 heteroatoms. The number of aromatic nitrogens is 2. The van der Waals surface area contributed by atoms with Crippen molar-refractivity contribution in [3.8, 4) is 11.3 Å². The van der Waals surface area contributed by atoms with E-state index in [1.807, 2.05) is 24.4 Å². The van der Waals surface area contributed by atoms with Gasteiger partial charge in [0.2, 0.25) is 0 Å². The van der Waals surface area contributed by atoms with Crippen LogP contribution in [0, 0.1) is 0 Å². The molecule has 3 N–H and O–H groups in total. The summed E-state index contributed by atoms with van der Waals surface area (Å²) in [4.78, 5) is 3.12. The average molecular weight is 234 g/mol. The first-order chi connectivity index (χ1) is 7.74. The van der Waals surface area contributed by atoms with Gasteiger partial charge in [0, 0.05) is 33.8 Å². The number of nitrogens with two attached hydrogens (primary N) is 1. The number of nitrogen functional groups attached to an aromatic ring is 1. The number of H-pyrrole nitrogens is 1. The molecule has 80 valence electrons. The van der Waals surface area contributed by atoms with Crippen molar-refractivity contribution in [2.24, 2.45) is 0 Å². The Morgan fingerprint density at radius 1 is 1.31 bits per heavy atom. The Hall–Kier alpha value is -1.94. The summed E-state index contributed by atoms with van der Waals surface area (Å²) in [6.07, 6.45) is 1.85. The fourth-order valence-electron chi connectivity index (χ4n) is 1.72. The van der Waals surface area contributed by atoms with Crippen LogP contribution in [0.4, 0.5) is 5.82 Å². The predicted molar refractivity (Wildman–Crippen MR) is 63.2 cm³/mol. The molecule has 3 aromatic rings. The minimum Gasteiger partial charge on any atom is -0.381 e. The first-order valence-corrected chi connectivity index (χ1v) is 5.11. The maximum absolute atomic E-state index is 5.90. The summed E-state index contributed by atoms with van der Waals surface area (Å²) < 4.78 is 5.12. The summed E-state index contributed by atoms with van der Waals surface area (Å²) in [6.45, 7) is 0. The summed E-state index contributed by atoms with van der Waals surface area (Å²) in [5.41, 5.74) is 7.40. The lowest BCUT2D eigenvalue weighted by molar-refractivity contribution is 0.436. The number of hydrogen-bond donors (Lipinski definition) is 2. The van der Waals surface area contributed by atoms with Gasteiger partial charge in [-0.2, -0.15) is 0 Å². The minimum absolute atomic E-state index is 0.373.